The van der Waals surface area contributed by atoms with Crippen LogP contribution in [0.3, 0.4) is 0 Å². The average molecular weight is 968 g/mol. The smallest absolute Gasteiger partial charge is 0.0991 e. The predicted octanol–water partition coefficient (Wildman–Crippen LogP) is 18.0. The SMILES string of the molecule is N#Cc1ccc(-c2ccc(-c3ccccn3)cc2)c(-c2cc(-c3cc(C#N)ccc3-c3ccc(-c4ccccn4)cc3)cc(-c3ccccc3-c3ccc(-c4ccccn4)cc3-c3ccc(-c4ccccc4)cc3)c2)c1. The summed E-state index contributed by atoms with van der Waals surface area (Å²) in [5.41, 5.74) is 23.0. The van der Waals surface area contributed by atoms with Crippen molar-refractivity contribution in [2.24, 2.45) is 0 Å². The Bertz CT molecular complexity index is 3960. The standard InChI is InChI=1S/C71H45N5/c72-46-48-19-34-62(52-25-29-55(30-26-52)69-16-6-9-37-74-69)66(40-48)59-42-58(43-60(44-59)67-41-49(47-73)20-35-63(67)53-27-31-56(32-28-53)70-17-7-10-38-75-70)61-14-4-5-15-64(61)65-36-33-57(71-18-8-11-39-76-71)45-68(65)54-23-21-51(22-24-54)50-12-2-1-3-13-50/h1-45H. The van der Waals surface area contributed by atoms with Crippen LogP contribution in [0.15, 0.2) is 273 Å². The molecule has 0 aliphatic carbocycles. The Balaban J connectivity index is 1.07. The van der Waals surface area contributed by atoms with Crippen molar-refractivity contribution in [2.45, 2.75) is 0 Å². The van der Waals surface area contributed by atoms with E-state index in [9.17, 15) is 10.5 Å². The van der Waals surface area contributed by atoms with Crippen molar-refractivity contribution in [3.8, 4) is 135 Å². The molecule has 0 radical (unpaired) electrons. The van der Waals surface area contributed by atoms with Crippen LogP contribution in [0.1, 0.15) is 11.1 Å². The van der Waals surface area contributed by atoms with E-state index in [4.69, 9.17) is 4.98 Å². The van der Waals surface area contributed by atoms with Crippen molar-refractivity contribution in [1.82, 2.24) is 15.0 Å². The van der Waals surface area contributed by atoms with Crippen molar-refractivity contribution in [1.29, 1.82) is 10.5 Å². The van der Waals surface area contributed by atoms with Gasteiger partial charge in [0.15, 0.2) is 0 Å². The molecule has 0 unspecified atom stereocenters. The molecule has 0 fully saturated rings. The third kappa shape index (κ3) is 9.48. The Hall–Kier alpha value is -10.6. The zero-order valence-corrected chi connectivity index (χ0v) is 41.2. The lowest BCUT2D eigenvalue weighted by atomic mass is 9.84. The Labute approximate surface area is 442 Å². The molecule has 0 saturated heterocycles. The van der Waals surface area contributed by atoms with Crippen LogP contribution in [-0.4, -0.2) is 15.0 Å². The second-order valence-corrected chi connectivity index (χ2v) is 18.6. The number of benzene rings is 9. The number of hydrogen-bond donors (Lipinski definition) is 0. The summed E-state index contributed by atoms with van der Waals surface area (Å²) in [6.07, 6.45) is 5.45. The zero-order chi connectivity index (χ0) is 51.2. The number of nitriles is 2. The highest BCUT2D eigenvalue weighted by molar-refractivity contribution is 5.98. The van der Waals surface area contributed by atoms with Crippen LogP contribution in [0.25, 0.3) is 123 Å². The molecule has 3 aromatic heterocycles. The van der Waals surface area contributed by atoms with E-state index in [0.29, 0.717) is 11.1 Å². The van der Waals surface area contributed by atoms with Gasteiger partial charge in [-0.15, -0.1) is 0 Å². The highest BCUT2D eigenvalue weighted by atomic mass is 14.7. The van der Waals surface area contributed by atoms with E-state index in [1.54, 1.807) is 12.4 Å². The first-order valence-corrected chi connectivity index (χ1v) is 25.2. The van der Waals surface area contributed by atoms with Gasteiger partial charge in [-0.25, -0.2) is 0 Å². The van der Waals surface area contributed by atoms with Crippen LogP contribution < -0.4 is 0 Å². The van der Waals surface area contributed by atoms with Crippen LogP contribution >= 0.6 is 0 Å². The van der Waals surface area contributed by atoms with Crippen molar-refractivity contribution in [3.05, 3.63) is 285 Å². The van der Waals surface area contributed by atoms with Crippen molar-refractivity contribution < 1.29 is 0 Å². The Morgan fingerprint density at radius 2 is 0.539 bits per heavy atom. The highest BCUT2D eigenvalue weighted by Gasteiger charge is 2.20. The molecule has 0 spiro atoms. The van der Waals surface area contributed by atoms with Gasteiger partial charge in [0.2, 0.25) is 0 Å². The van der Waals surface area contributed by atoms with Gasteiger partial charge in [0.05, 0.1) is 40.3 Å². The summed E-state index contributed by atoms with van der Waals surface area (Å²) in [5.74, 6) is 0. The summed E-state index contributed by atoms with van der Waals surface area (Å²) in [4.78, 5) is 14.0. The quantitative estimate of drug-likeness (QED) is 0.129. The first kappa shape index (κ1) is 46.5. The van der Waals surface area contributed by atoms with E-state index in [1.165, 1.54) is 0 Å². The summed E-state index contributed by atoms with van der Waals surface area (Å²) in [6, 6.07) is 92.7. The molecule has 0 bridgehead atoms. The van der Waals surface area contributed by atoms with E-state index in [1.807, 2.05) is 103 Å². The molecular weight excluding hydrogens is 923 g/mol. The molecular formula is C71H45N5. The topological polar surface area (TPSA) is 86.2 Å². The molecule has 76 heavy (non-hydrogen) atoms. The molecule has 9 aromatic carbocycles. The Kier molecular flexibility index (Phi) is 12.8. The van der Waals surface area contributed by atoms with Crippen LogP contribution in [0, 0.1) is 22.7 Å². The molecule has 12 aromatic rings. The van der Waals surface area contributed by atoms with Crippen LogP contribution in [-0.2, 0) is 0 Å². The number of rotatable bonds is 11. The number of aromatic nitrogens is 3. The second-order valence-electron chi connectivity index (χ2n) is 18.6. The molecule has 0 atom stereocenters. The summed E-state index contributed by atoms with van der Waals surface area (Å²) < 4.78 is 0. The van der Waals surface area contributed by atoms with Crippen molar-refractivity contribution in [3.63, 3.8) is 0 Å². The average Bonchev–Trinajstić information content (AvgIpc) is 3.55. The van der Waals surface area contributed by atoms with Crippen LogP contribution in [0.4, 0.5) is 0 Å². The van der Waals surface area contributed by atoms with E-state index >= 15 is 0 Å². The van der Waals surface area contributed by atoms with E-state index in [-0.39, 0.29) is 0 Å². The van der Waals surface area contributed by atoms with Gasteiger partial charge in [-0.3, -0.25) is 15.0 Å². The molecule has 354 valence electrons. The van der Waals surface area contributed by atoms with Crippen LogP contribution in [0.5, 0.6) is 0 Å². The summed E-state index contributed by atoms with van der Waals surface area (Å²) in [6.45, 7) is 0. The number of hydrogen-bond acceptors (Lipinski definition) is 5. The van der Waals surface area contributed by atoms with Gasteiger partial charge in [-0.2, -0.15) is 10.5 Å². The van der Waals surface area contributed by atoms with E-state index in [0.717, 1.165) is 123 Å². The van der Waals surface area contributed by atoms with Crippen molar-refractivity contribution >= 4 is 0 Å². The predicted molar refractivity (Wildman–Crippen MR) is 309 cm³/mol. The van der Waals surface area contributed by atoms with Crippen LogP contribution in [0.2, 0.25) is 0 Å². The molecule has 0 amide bonds. The minimum Gasteiger partial charge on any atom is -0.256 e. The highest BCUT2D eigenvalue weighted by Crippen LogP contribution is 2.45. The largest absolute Gasteiger partial charge is 0.256 e. The van der Waals surface area contributed by atoms with Gasteiger partial charge in [-0.1, -0.05) is 170 Å². The van der Waals surface area contributed by atoms with E-state index < -0.39 is 0 Å². The molecule has 0 saturated carbocycles. The lowest BCUT2D eigenvalue weighted by molar-refractivity contribution is 1.33. The molecule has 5 nitrogen and oxygen atoms in total. The lowest BCUT2D eigenvalue weighted by Gasteiger charge is -2.20. The lowest BCUT2D eigenvalue weighted by Crippen LogP contribution is -1.94. The maximum atomic E-state index is 10.5. The minimum atomic E-state index is 0.548. The molecule has 12 rings (SSSR count). The number of pyridine rings is 3. The fraction of sp³-hybridized carbons (Fsp3) is 0. The normalized spacial score (nSPS) is 10.9. The first-order chi connectivity index (χ1) is 37.6. The van der Waals surface area contributed by atoms with Gasteiger partial charge >= 0.3 is 0 Å². The maximum absolute atomic E-state index is 10.5. The summed E-state index contributed by atoms with van der Waals surface area (Å²) in [7, 11) is 0. The minimum absolute atomic E-state index is 0.548. The van der Waals surface area contributed by atoms with Gasteiger partial charge in [0.1, 0.15) is 0 Å². The monoisotopic (exact) mass is 967 g/mol. The molecule has 5 heteroatoms. The third-order valence-corrected chi connectivity index (χ3v) is 14.0. The van der Waals surface area contributed by atoms with Crippen molar-refractivity contribution in [2.75, 3.05) is 0 Å². The maximum Gasteiger partial charge on any atom is 0.0991 e. The van der Waals surface area contributed by atoms with Gasteiger partial charge < -0.3 is 0 Å². The zero-order valence-electron chi connectivity index (χ0n) is 41.2. The van der Waals surface area contributed by atoms with E-state index in [2.05, 4.69) is 180 Å². The first-order valence-electron chi connectivity index (χ1n) is 25.2. The Morgan fingerprint density at radius 1 is 0.211 bits per heavy atom. The Morgan fingerprint density at radius 3 is 1.01 bits per heavy atom. The summed E-state index contributed by atoms with van der Waals surface area (Å²) >= 11 is 0. The number of nitrogens with zero attached hydrogens (tertiary/aromatic N) is 5. The third-order valence-electron chi connectivity index (χ3n) is 14.0. The fourth-order valence-electron chi connectivity index (χ4n) is 10.2. The summed E-state index contributed by atoms with van der Waals surface area (Å²) in [5, 5.41) is 20.9. The molecule has 0 aliphatic rings. The molecule has 0 N–H and O–H groups in total. The van der Waals surface area contributed by atoms with Gasteiger partial charge in [0.25, 0.3) is 0 Å². The second kappa shape index (κ2) is 20.9. The van der Waals surface area contributed by atoms with Gasteiger partial charge in [0, 0.05) is 35.3 Å². The molecule has 3 heterocycles. The fourth-order valence-corrected chi connectivity index (χ4v) is 10.2. The van der Waals surface area contributed by atoms with Gasteiger partial charge in [-0.05, 0) is 174 Å². The molecule has 0 aliphatic heterocycles.